The van der Waals surface area contributed by atoms with Crippen LogP contribution in [0.1, 0.15) is 19.4 Å². The van der Waals surface area contributed by atoms with Crippen LogP contribution in [-0.2, 0) is 6.54 Å². The molecule has 0 bridgehead atoms. The molecule has 160 valence electrons. The summed E-state index contributed by atoms with van der Waals surface area (Å²) in [5.74, 6) is 2.10. The average molecular weight is 419 g/mol. The number of hydrogen-bond acceptors (Lipinski definition) is 5. The third-order valence-electron chi connectivity index (χ3n) is 4.98. The first kappa shape index (κ1) is 20.5. The molecule has 7 nitrogen and oxygen atoms in total. The van der Waals surface area contributed by atoms with E-state index >= 15 is 0 Å². The van der Waals surface area contributed by atoms with E-state index in [0.29, 0.717) is 42.4 Å². The topological polar surface area (TPSA) is 78.4 Å². The number of rotatable bonds is 8. The van der Waals surface area contributed by atoms with Crippen molar-refractivity contribution >= 4 is 11.2 Å². The van der Waals surface area contributed by atoms with Crippen molar-refractivity contribution in [3.8, 4) is 28.4 Å². The summed E-state index contributed by atoms with van der Waals surface area (Å²) in [4.78, 5) is 20.2. The Morgan fingerprint density at radius 1 is 0.968 bits per heavy atom. The highest BCUT2D eigenvalue weighted by atomic mass is 16.5. The third kappa shape index (κ3) is 4.12. The van der Waals surface area contributed by atoms with Gasteiger partial charge in [-0.15, -0.1) is 0 Å². The van der Waals surface area contributed by atoms with Gasteiger partial charge in [0.1, 0.15) is 5.75 Å². The number of H-pyrrole nitrogens is 1. The number of nitrogens with one attached hydrogen (secondary N) is 1. The molecule has 0 spiro atoms. The first-order valence-electron chi connectivity index (χ1n) is 10.2. The van der Waals surface area contributed by atoms with Crippen molar-refractivity contribution in [3.63, 3.8) is 0 Å². The van der Waals surface area contributed by atoms with E-state index in [1.165, 1.54) is 0 Å². The van der Waals surface area contributed by atoms with Gasteiger partial charge in [0.15, 0.2) is 17.1 Å². The second-order valence-electron chi connectivity index (χ2n) is 6.96. The van der Waals surface area contributed by atoms with Crippen molar-refractivity contribution in [2.75, 3.05) is 20.3 Å². The molecular weight excluding hydrogens is 394 g/mol. The number of pyridine rings is 1. The third-order valence-corrected chi connectivity index (χ3v) is 4.98. The molecular formula is C24H25N3O4. The number of fused-ring (bicyclic) bond motifs is 1. The molecule has 7 heteroatoms. The Hall–Kier alpha value is -3.74. The minimum Gasteiger partial charge on any atom is -0.493 e. The minimum absolute atomic E-state index is 0.216. The fourth-order valence-corrected chi connectivity index (χ4v) is 3.59. The standard InChI is InChI=1S/C24H25N3O4/c1-4-30-20-9-7-6-8-18(20)17-13-19-23(25-14-17)27(24(28)26-19)15-16-10-11-21(29-3)22(12-16)31-5-2/h6-14H,4-5,15H2,1-3H3,(H,26,28). The van der Waals surface area contributed by atoms with Gasteiger partial charge >= 0.3 is 5.69 Å². The normalized spacial score (nSPS) is 10.9. The van der Waals surface area contributed by atoms with Gasteiger partial charge in [0, 0.05) is 17.3 Å². The lowest BCUT2D eigenvalue weighted by Gasteiger charge is -2.12. The largest absolute Gasteiger partial charge is 0.493 e. The molecule has 0 aliphatic rings. The van der Waals surface area contributed by atoms with E-state index in [0.717, 1.165) is 22.4 Å². The predicted octanol–water partition coefficient (Wildman–Crippen LogP) is 4.25. The highest BCUT2D eigenvalue weighted by Gasteiger charge is 2.13. The molecule has 4 aromatic rings. The molecule has 0 radical (unpaired) electrons. The van der Waals surface area contributed by atoms with Gasteiger partial charge in [-0.25, -0.2) is 9.78 Å². The van der Waals surface area contributed by atoms with E-state index in [1.54, 1.807) is 17.9 Å². The minimum atomic E-state index is -0.216. The Labute approximate surface area is 180 Å². The number of ether oxygens (including phenoxy) is 3. The van der Waals surface area contributed by atoms with Gasteiger partial charge in [-0.1, -0.05) is 24.3 Å². The number of nitrogens with zero attached hydrogens (tertiary/aromatic N) is 2. The summed E-state index contributed by atoms with van der Waals surface area (Å²) in [5, 5.41) is 0. The molecule has 2 aromatic heterocycles. The average Bonchev–Trinajstić information content (AvgIpc) is 3.09. The number of aromatic nitrogens is 3. The first-order chi connectivity index (χ1) is 15.1. The maximum absolute atomic E-state index is 12.7. The zero-order valence-corrected chi connectivity index (χ0v) is 17.8. The molecule has 0 amide bonds. The summed E-state index contributed by atoms with van der Waals surface area (Å²) in [7, 11) is 1.60. The van der Waals surface area contributed by atoms with Crippen LogP contribution in [0.2, 0.25) is 0 Å². The van der Waals surface area contributed by atoms with Crippen LogP contribution in [0.3, 0.4) is 0 Å². The summed E-state index contributed by atoms with van der Waals surface area (Å²) in [6.07, 6.45) is 1.77. The summed E-state index contributed by atoms with van der Waals surface area (Å²) < 4.78 is 18.3. The number of hydrogen-bond donors (Lipinski definition) is 1. The van der Waals surface area contributed by atoms with Crippen molar-refractivity contribution in [1.29, 1.82) is 0 Å². The molecule has 1 N–H and O–H groups in total. The molecule has 0 fully saturated rings. The highest BCUT2D eigenvalue weighted by Crippen LogP contribution is 2.31. The van der Waals surface area contributed by atoms with Gasteiger partial charge in [-0.3, -0.25) is 4.57 Å². The van der Waals surface area contributed by atoms with Crippen molar-refractivity contribution in [1.82, 2.24) is 14.5 Å². The van der Waals surface area contributed by atoms with Crippen LogP contribution in [0, 0.1) is 0 Å². The SMILES string of the molecule is CCOc1cc(Cn2c(=O)[nH]c3cc(-c4ccccc4OCC)cnc32)ccc1OC. The summed E-state index contributed by atoms with van der Waals surface area (Å²) in [6, 6.07) is 15.4. The Balaban J connectivity index is 1.71. The molecule has 0 aliphatic heterocycles. The van der Waals surface area contributed by atoms with E-state index in [9.17, 15) is 4.79 Å². The van der Waals surface area contributed by atoms with Crippen LogP contribution >= 0.6 is 0 Å². The number of aromatic amines is 1. The van der Waals surface area contributed by atoms with Crippen LogP contribution in [-0.4, -0.2) is 34.9 Å². The summed E-state index contributed by atoms with van der Waals surface area (Å²) in [5.41, 5.74) is 3.78. The quantitative estimate of drug-likeness (QED) is 0.462. The van der Waals surface area contributed by atoms with E-state index in [4.69, 9.17) is 14.2 Å². The smallest absolute Gasteiger partial charge is 0.327 e. The molecule has 0 unspecified atom stereocenters. The lowest BCUT2D eigenvalue weighted by Crippen LogP contribution is -2.17. The maximum atomic E-state index is 12.7. The van der Waals surface area contributed by atoms with Gasteiger partial charge in [0.05, 0.1) is 32.4 Å². The lowest BCUT2D eigenvalue weighted by molar-refractivity contribution is 0.310. The zero-order valence-electron chi connectivity index (χ0n) is 17.8. The summed E-state index contributed by atoms with van der Waals surface area (Å²) >= 11 is 0. The van der Waals surface area contributed by atoms with E-state index in [-0.39, 0.29) is 5.69 Å². The molecule has 0 aliphatic carbocycles. The van der Waals surface area contributed by atoms with E-state index in [2.05, 4.69) is 9.97 Å². The number of imidazole rings is 1. The van der Waals surface area contributed by atoms with Crippen molar-refractivity contribution in [3.05, 3.63) is 70.8 Å². The van der Waals surface area contributed by atoms with Crippen molar-refractivity contribution < 1.29 is 14.2 Å². The Kier molecular flexibility index (Phi) is 5.93. The van der Waals surface area contributed by atoms with Gasteiger partial charge in [0.25, 0.3) is 0 Å². The highest BCUT2D eigenvalue weighted by molar-refractivity contribution is 5.80. The van der Waals surface area contributed by atoms with Gasteiger partial charge < -0.3 is 19.2 Å². The Morgan fingerprint density at radius 3 is 2.52 bits per heavy atom. The molecule has 2 heterocycles. The Morgan fingerprint density at radius 2 is 1.74 bits per heavy atom. The monoisotopic (exact) mass is 419 g/mol. The van der Waals surface area contributed by atoms with Gasteiger partial charge in [-0.05, 0) is 43.7 Å². The number of para-hydroxylation sites is 1. The molecule has 0 saturated heterocycles. The van der Waals surface area contributed by atoms with Crippen LogP contribution in [0.25, 0.3) is 22.3 Å². The zero-order chi connectivity index (χ0) is 21.8. The van der Waals surface area contributed by atoms with E-state index in [1.807, 2.05) is 62.4 Å². The predicted molar refractivity (Wildman–Crippen MR) is 120 cm³/mol. The van der Waals surface area contributed by atoms with Crippen molar-refractivity contribution in [2.45, 2.75) is 20.4 Å². The maximum Gasteiger partial charge on any atom is 0.327 e. The van der Waals surface area contributed by atoms with Gasteiger partial charge in [-0.2, -0.15) is 0 Å². The van der Waals surface area contributed by atoms with Crippen LogP contribution in [0.5, 0.6) is 17.2 Å². The molecule has 31 heavy (non-hydrogen) atoms. The van der Waals surface area contributed by atoms with Gasteiger partial charge in [0.2, 0.25) is 0 Å². The fraction of sp³-hybridized carbons (Fsp3) is 0.250. The Bertz CT molecular complexity index is 1260. The number of methoxy groups -OCH3 is 1. The molecule has 4 rings (SSSR count). The molecule has 2 aromatic carbocycles. The number of benzene rings is 2. The summed E-state index contributed by atoms with van der Waals surface area (Å²) in [6.45, 7) is 5.34. The lowest BCUT2D eigenvalue weighted by atomic mass is 10.1. The molecule has 0 atom stereocenters. The second-order valence-corrected chi connectivity index (χ2v) is 6.96. The van der Waals surface area contributed by atoms with Crippen LogP contribution in [0.4, 0.5) is 0 Å². The second kappa shape index (κ2) is 8.95. The van der Waals surface area contributed by atoms with E-state index < -0.39 is 0 Å². The van der Waals surface area contributed by atoms with Crippen LogP contribution in [0.15, 0.2) is 59.5 Å². The molecule has 0 saturated carbocycles. The first-order valence-corrected chi connectivity index (χ1v) is 10.2. The van der Waals surface area contributed by atoms with Crippen molar-refractivity contribution in [2.24, 2.45) is 0 Å². The van der Waals surface area contributed by atoms with Crippen LogP contribution < -0.4 is 19.9 Å². The fourth-order valence-electron chi connectivity index (χ4n) is 3.59.